The Bertz CT molecular complexity index is 231. The number of halogens is 3. The van der Waals surface area contributed by atoms with E-state index in [4.69, 9.17) is 0 Å². The van der Waals surface area contributed by atoms with E-state index in [0.29, 0.717) is 6.42 Å². The van der Waals surface area contributed by atoms with Crippen LogP contribution in [0, 0.1) is 5.41 Å². The van der Waals surface area contributed by atoms with Gasteiger partial charge in [-0.05, 0) is 11.8 Å². The molecule has 0 aromatic heterocycles. The Labute approximate surface area is 69.8 Å². The average Bonchev–Trinajstić information content (AvgIpc) is 1.83. The van der Waals surface area contributed by atoms with Crippen LogP contribution in [0.15, 0.2) is 23.8 Å². The zero-order chi connectivity index (χ0) is 9.41. The van der Waals surface area contributed by atoms with Gasteiger partial charge in [-0.25, -0.2) is 0 Å². The molecule has 0 aliphatic heterocycles. The Kier molecular flexibility index (Phi) is 2.06. The molecule has 0 spiro atoms. The predicted molar refractivity (Wildman–Crippen MR) is 41.7 cm³/mol. The van der Waals surface area contributed by atoms with Crippen molar-refractivity contribution in [3.05, 3.63) is 23.8 Å². The lowest BCUT2D eigenvalue weighted by atomic mass is 9.78. The zero-order valence-corrected chi connectivity index (χ0v) is 7.07. The number of hydrogen-bond acceptors (Lipinski definition) is 0. The molecule has 0 saturated heterocycles. The van der Waals surface area contributed by atoms with Crippen LogP contribution in [-0.4, -0.2) is 6.18 Å². The minimum absolute atomic E-state index is 0.433. The van der Waals surface area contributed by atoms with Crippen molar-refractivity contribution in [3.8, 4) is 0 Å². The maximum absolute atomic E-state index is 12.3. The van der Waals surface area contributed by atoms with Crippen molar-refractivity contribution in [2.45, 2.75) is 26.4 Å². The lowest BCUT2D eigenvalue weighted by Gasteiger charge is -2.30. The van der Waals surface area contributed by atoms with Gasteiger partial charge in [0.2, 0.25) is 0 Å². The molecule has 0 bridgehead atoms. The lowest BCUT2D eigenvalue weighted by Crippen LogP contribution is -2.27. The number of alkyl halides is 3. The molecule has 0 fully saturated rings. The van der Waals surface area contributed by atoms with E-state index in [9.17, 15) is 13.2 Å². The van der Waals surface area contributed by atoms with Gasteiger partial charge in [-0.1, -0.05) is 32.1 Å². The Hall–Kier alpha value is -0.730. The number of hydrogen-bond donors (Lipinski definition) is 0. The fourth-order valence-electron chi connectivity index (χ4n) is 1.34. The molecule has 0 amide bonds. The van der Waals surface area contributed by atoms with Crippen molar-refractivity contribution in [2.75, 3.05) is 0 Å². The van der Waals surface area contributed by atoms with Gasteiger partial charge in [0.25, 0.3) is 0 Å². The largest absolute Gasteiger partial charge is 0.413 e. The van der Waals surface area contributed by atoms with E-state index < -0.39 is 17.2 Å². The normalized spacial score (nSPS) is 22.2. The van der Waals surface area contributed by atoms with Crippen LogP contribution in [0.4, 0.5) is 13.2 Å². The van der Waals surface area contributed by atoms with Crippen molar-refractivity contribution >= 4 is 0 Å². The highest BCUT2D eigenvalue weighted by atomic mass is 19.4. The molecule has 1 rings (SSSR count). The molecule has 12 heavy (non-hydrogen) atoms. The van der Waals surface area contributed by atoms with E-state index in [0.717, 1.165) is 6.08 Å². The quantitative estimate of drug-likeness (QED) is 0.530. The molecule has 0 heterocycles. The molecule has 0 N–H and O–H groups in total. The maximum atomic E-state index is 12.3. The van der Waals surface area contributed by atoms with E-state index in [-0.39, 0.29) is 0 Å². The second-order valence-electron chi connectivity index (χ2n) is 3.59. The second-order valence-corrected chi connectivity index (χ2v) is 3.59. The van der Waals surface area contributed by atoms with Gasteiger partial charge in [-0.2, -0.15) is 13.2 Å². The van der Waals surface area contributed by atoms with Gasteiger partial charge in [0.15, 0.2) is 0 Å². The summed E-state index contributed by atoms with van der Waals surface area (Å²) in [4.78, 5) is 0. The first-order chi connectivity index (χ1) is 5.34. The summed E-state index contributed by atoms with van der Waals surface area (Å²) >= 11 is 0. The van der Waals surface area contributed by atoms with Gasteiger partial charge in [-0.15, -0.1) is 0 Å². The molecule has 1 aliphatic carbocycles. The Morgan fingerprint density at radius 2 is 1.92 bits per heavy atom. The summed E-state index contributed by atoms with van der Waals surface area (Å²) in [5.41, 5.74) is -1.20. The highest BCUT2D eigenvalue weighted by Gasteiger charge is 2.42. The van der Waals surface area contributed by atoms with Gasteiger partial charge in [0.1, 0.15) is 0 Å². The van der Waals surface area contributed by atoms with Crippen molar-refractivity contribution in [1.82, 2.24) is 0 Å². The Morgan fingerprint density at radius 1 is 1.33 bits per heavy atom. The predicted octanol–water partition coefficient (Wildman–Crippen LogP) is 3.46. The molecule has 0 aromatic carbocycles. The lowest BCUT2D eigenvalue weighted by molar-refractivity contribution is -0.105. The van der Waals surface area contributed by atoms with Crippen LogP contribution in [0.5, 0.6) is 0 Å². The maximum Gasteiger partial charge on any atom is 0.413 e. The second kappa shape index (κ2) is 2.64. The standard InChI is InChI=1S/C9H11F3/c1-8(2)6-4-3-5-7(8)9(10,11)12/h3-5H,6H2,1-2H3. The summed E-state index contributed by atoms with van der Waals surface area (Å²) in [5, 5.41) is 0. The summed E-state index contributed by atoms with van der Waals surface area (Å²) in [6.07, 6.45) is 0.652. The Morgan fingerprint density at radius 3 is 2.25 bits per heavy atom. The summed E-state index contributed by atoms with van der Waals surface area (Å²) in [7, 11) is 0. The summed E-state index contributed by atoms with van der Waals surface area (Å²) in [6, 6.07) is 0. The minimum Gasteiger partial charge on any atom is -0.166 e. The van der Waals surface area contributed by atoms with E-state index in [1.54, 1.807) is 19.9 Å². The van der Waals surface area contributed by atoms with E-state index in [1.807, 2.05) is 0 Å². The van der Waals surface area contributed by atoms with Gasteiger partial charge in [0, 0.05) is 5.57 Å². The minimum atomic E-state index is -4.19. The van der Waals surface area contributed by atoms with Crippen LogP contribution in [-0.2, 0) is 0 Å². The monoisotopic (exact) mass is 176 g/mol. The molecule has 0 nitrogen and oxygen atoms in total. The summed E-state index contributed by atoms with van der Waals surface area (Å²) in [5.74, 6) is 0. The summed E-state index contributed by atoms with van der Waals surface area (Å²) < 4.78 is 37.0. The zero-order valence-electron chi connectivity index (χ0n) is 7.07. The highest BCUT2D eigenvalue weighted by molar-refractivity contribution is 5.28. The van der Waals surface area contributed by atoms with Crippen LogP contribution in [0.3, 0.4) is 0 Å². The molecular weight excluding hydrogens is 165 g/mol. The van der Waals surface area contributed by atoms with Crippen molar-refractivity contribution in [1.29, 1.82) is 0 Å². The van der Waals surface area contributed by atoms with Crippen LogP contribution in [0.2, 0.25) is 0 Å². The first-order valence-corrected chi connectivity index (χ1v) is 3.78. The smallest absolute Gasteiger partial charge is 0.166 e. The molecule has 0 saturated carbocycles. The van der Waals surface area contributed by atoms with E-state index in [1.165, 1.54) is 6.08 Å². The number of rotatable bonds is 0. The molecule has 1 aliphatic rings. The van der Waals surface area contributed by atoms with Crippen LogP contribution >= 0.6 is 0 Å². The van der Waals surface area contributed by atoms with E-state index in [2.05, 4.69) is 0 Å². The van der Waals surface area contributed by atoms with E-state index >= 15 is 0 Å². The first kappa shape index (κ1) is 9.36. The SMILES string of the molecule is CC1(C)CC=CC=C1C(F)(F)F. The third-order valence-electron chi connectivity index (χ3n) is 2.06. The van der Waals surface area contributed by atoms with Gasteiger partial charge in [-0.3, -0.25) is 0 Å². The Balaban J connectivity index is 3.01. The van der Waals surface area contributed by atoms with Crippen LogP contribution < -0.4 is 0 Å². The molecule has 68 valence electrons. The van der Waals surface area contributed by atoms with Crippen LogP contribution in [0.25, 0.3) is 0 Å². The van der Waals surface area contributed by atoms with Crippen molar-refractivity contribution in [2.24, 2.45) is 5.41 Å². The van der Waals surface area contributed by atoms with Gasteiger partial charge >= 0.3 is 6.18 Å². The van der Waals surface area contributed by atoms with Crippen LogP contribution in [0.1, 0.15) is 20.3 Å². The van der Waals surface area contributed by atoms with Gasteiger partial charge < -0.3 is 0 Å². The molecule has 0 unspecified atom stereocenters. The fraction of sp³-hybridized carbons (Fsp3) is 0.556. The topological polar surface area (TPSA) is 0 Å². The third kappa shape index (κ3) is 1.71. The molecule has 0 aromatic rings. The van der Waals surface area contributed by atoms with Crippen molar-refractivity contribution < 1.29 is 13.2 Å². The first-order valence-electron chi connectivity index (χ1n) is 3.78. The van der Waals surface area contributed by atoms with Crippen molar-refractivity contribution in [3.63, 3.8) is 0 Å². The summed E-state index contributed by atoms with van der Waals surface area (Å²) in [6.45, 7) is 3.21. The van der Waals surface area contributed by atoms with Gasteiger partial charge in [0.05, 0.1) is 0 Å². The number of allylic oxidation sites excluding steroid dienone is 4. The molecular formula is C9H11F3. The fourth-order valence-corrected chi connectivity index (χ4v) is 1.34. The highest BCUT2D eigenvalue weighted by Crippen LogP contribution is 2.43. The third-order valence-corrected chi connectivity index (χ3v) is 2.06. The molecule has 0 radical (unpaired) electrons. The average molecular weight is 176 g/mol. The molecule has 0 atom stereocenters. The molecule has 3 heteroatoms.